The van der Waals surface area contributed by atoms with Gasteiger partial charge in [0.05, 0.1) is 10.6 Å². The van der Waals surface area contributed by atoms with Gasteiger partial charge in [0.1, 0.15) is 0 Å². The van der Waals surface area contributed by atoms with E-state index in [-0.39, 0.29) is 11.1 Å². The van der Waals surface area contributed by atoms with E-state index in [1.807, 2.05) is 0 Å². The number of nitrogens with one attached hydrogen (secondary N) is 1. The normalized spacial score (nSPS) is 11.4. The highest BCUT2D eigenvalue weighted by Gasteiger charge is 2.16. The van der Waals surface area contributed by atoms with Crippen LogP contribution in [0.1, 0.15) is 35.5 Å². The van der Waals surface area contributed by atoms with Crippen LogP contribution in [0.3, 0.4) is 0 Å². The first kappa shape index (κ1) is 18.4. The summed E-state index contributed by atoms with van der Waals surface area (Å²) < 4.78 is 27.5. The van der Waals surface area contributed by atoms with Crippen LogP contribution in [-0.2, 0) is 16.3 Å². The standard InChI is InChI=1S/C15H18ClN3O4S/c1-24(21,22)15-19-18-13(23-15)9-3-2-6-10-17-14(20)11-7-4-5-8-12(11)16/h4-5,7-8H,2-3,6,9-10H2,1H3,(H,17,20). The third kappa shape index (κ3) is 5.31. The molecule has 1 N–H and O–H groups in total. The summed E-state index contributed by atoms with van der Waals surface area (Å²) in [5.74, 6) is 0.103. The van der Waals surface area contributed by atoms with Crippen molar-refractivity contribution in [1.82, 2.24) is 15.5 Å². The molecule has 2 aromatic rings. The van der Waals surface area contributed by atoms with Crippen molar-refractivity contribution in [2.24, 2.45) is 0 Å². The van der Waals surface area contributed by atoms with Crippen molar-refractivity contribution >= 4 is 27.3 Å². The fourth-order valence-electron chi connectivity index (χ4n) is 2.01. The van der Waals surface area contributed by atoms with Gasteiger partial charge in [0.25, 0.3) is 5.91 Å². The molecule has 0 bridgehead atoms. The summed E-state index contributed by atoms with van der Waals surface area (Å²) in [5.41, 5.74) is 0.457. The summed E-state index contributed by atoms with van der Waals surface area (Å²) >= 11 is 5.96. The summed E-state index contributed by atoms with van der Waals surface area (Å²) in [6, 6.07) is 6.88. The lowest BCUT2D eigenvalue weighted by Crippen LogP contribution is -2.24. The van der Waals surface area contributed by atoms with E-state index in [0.29, 0.717) is 29.4 Å². The Morgan fingerprint density at radius 1 is 1.21 bits per heavy atom. The SMILES string of the molecule is CS(=O)(=O)c1nnc(CCCCCNC(=O)c2ccccc2Cl)o1. The Bertz CT molecular complexity index is 805. The molecule has 0 saturated carbocycles. The molecule has 0 aliphatic rings. The molecule has 2 rings (SSSR count). The highest BCUT2D eigenvalue weighted by molar-refractivity contribution is 7.90. The van der Waals surface area contributed by atoms with E-state index in [1.54, 1.807) is 24.3 Å². The van der Waals surface area contributed by atoms with Gasteiger partial charge in [-0.25, -0.2) is 8.42 Å². The Balaban J connectivity index is 1.66. The number of aryl methyl sites for hydroxylation is 1. The molecular weight excluding hydrogens is 354 g/mol. The molecule has 0 fully saturated rings. The van der Waals surface area contributed by atoms with Gasteiger partial charge in [-0.05, 0) is 25.0 Å². The number of unbranched alkanes of at least 4 members (excludes halogenated alkanes) is 2. The zero-order chi connectivity index (χ0) is 17.6. The van der Waals surface area contributed by atoms with Crippen LogP contribution in [0.15, 0.2) is 33.9 Å². The van der Waals surface area contributed by atoms with Gasteiger partial charge in [0.2, 0.25) is 15.7 Å². The molecule has 0 atom stereocenters. The van der Waals surface area contributed by atoms with Gasteiger partial charge < -0.3 is 9.73 Å². The molecule has 0 unspecified atom stereocenters. The van der Waals surface area contributed by atoms with Gasteiger partial charge in [-0.15, -0.1) is 5.10 Å². The largest absolute Gasteiger partial charge is 0.413 e. The van der Waals surface area contributed by atoms with Gasteiger partial charge in [0.15, 0.2) is 0 Å². The third-order valence-electron chi connectivity index (χ3n) is 3.24. The highest BCUT2D eigenvalue weighted by Crippen LogP contribution is 2.14. The van der Waals surface area contributed by atoms with Crippen LogP contribution in [0.5, 0.6) is 0 Å². The number of sulfone groups is 1. The molecule has 0 aliphatic heterocycles. The predicted octanol–water partition coefficient (Wildman–Crippen LogP) is 2.27. The minimum atomic E-state index is -3.46. The number of amides is 1. The number of rotatable bonds is 8. The molecule has 0 saturated heterocycles. The fraction of sp³-hybridized carbons (Fsp3) is 0.400. The molecule has 0 radical (unpaired) electrons. The molecule has 1 heterocycles. The van der Waals surface area contributed by atoms with Crippen LogP contribution in [-0.4, -0.2) is 37.3 Å². The van der Waals surface area contributed by atoms with E-state index in [0.717, 1.165) is 25.5 Å². The number of hydrogen-bond donors (Lipinski definition) is 1. The van der Waals surface area contributed by atoms with Crippen molar-refractivity contribution in [1.29, 1.82) is 0 Å². The zero-order valence-electron chi connectivity index (χ0n) is 13.2. The lowest BCUT2D eigenvalue weighted by molar-refractivity contribution is 0.0953. The molecule has 0 spiro atoms. The molecule has 7 nitrogen and oxygen atoms in total. The number of carbonyl (C=O) groups is 1. The minimum absolute atomic E-state index is 0.199. The van der Waals surface area contributed by atoms with E-state index in [1.165, 1.54) is 0 Å². The Morgan fingerprint density at radius 2 is 1.96 bits per heavy atom. The Morgan fingerprint density at radius 3 is 2.62 bits per heavy atom. The van der Waals surface area contributed by atoms with Crippen molar-refractivity contribution in [2.75, 3.05) is 12.8 Å². The van der Waals surface area contributed by atoms with Crippen molar-refractivity contribution in [3.05, 3.63) is 40.7 Å². The maximum absolute atomic E-state index is 11.9. The van der Waals surface area contributed by atoms with Crippen LogP contribution in [0.4, 0.5) is 0 Å². The van der Waals surface area contributed by atoms with Crippen LogP contribution in [0.2, 0.25) is 5.02 Å². The first-order valence-electron chi connectivity index (χ1n) is 7.43. The van der Waals surface area contributed by atoms with E-state index in [4.69, 9.17) is 16.0 Å². The second kappa shape index (κ2) is 8.25. The monoisotopic (exact) mass is 371 g/mol. The number of halogens is 1. The first-order valence-corrected chi connectivity index (χ1v) is 9.70. The molecule has 0 aliphatic carbocycles. The summed E-state index contributed by atoms with van der Waals surface area (Å²) in [6.07, 6.45) is 3.89. The highest BCUT2D eigenvalue weighted by atomic mass is 35.5. The number of aromatic nitrogens is 2. The molecular formula is C15H18ClN3O4S. The van der Waals surface area contributed by atoms with E-state index in [9.17, 15) is 13.2 Å². The zero-order valence-corrected chi connectivity index (χ0v) is 14.7. The molecule has 130 valence electrons. The summed E-state index contributed by atoms with van der Waals surface area (Å²) in [4.78, 5) is 11.9. The molecule has 1 amide bonds. The second-order valence-electron chi connectivity index (χ2n) is 5.28. The van der Waals surface area contributed by atoms with Gasteiger partial charge in [-0.3, -0.25) is 4.79 Å². The van der Waals surface area contributed by atoms with Crippen molar-refractivity contribution in [3.63, 3.8) is 0 Å². The topological polar surface area (TPSA) is 102 Å². The van der Waals surface area contributed by atoms with Crippen LogP contribution in [0, 0.1) is 0 Å². The van der Waals surface area contributed by atoms with Crippen molar-refractivity contribution in [2.45, 2.75) is 30.9 Å². The van der Waals surface area contributed by atoms with E-state index >= 15 is 0 Å². The van der Waals surface area contributed by atoms with Crippen LogP contribution < -0.4 is 5.32 Å². The van der Waals surface area contributed by atoms with Crippen molar-refractivity contribution in [3.8, 4) is 0 Å². The number of nitrogens with zero attached hydrogens (tertiary/aromatic N) is 2. The van der Waals surface area contributed by atoms with Crippen LogP contribution in [0.25, 0.3) is 0 Å². The molecule has 24 heavy (non-hydrogen) atoms. The predicted molar refractivity (Wildman–Crippen MR) is 88.7 cm³/mol. The average Bonchev–Trinajstić information content (AvgIpc) is 3.00. The lowest BCUT2D eigenvalue weighted by atomic mass is 10.2. The number of carbonyl (C=O) groups excluding carboxylic acids is 1. The quantitative estimate of drug-likeness (QED) is 0.714. The summed E-state index contributed by atoms with van der Waals surface area (Å²) in [7, 11) is -3.46. The maximum Gasteiger partial charge on any atom is 0.335 e. The summed E-state index contributed by atoms with van der Waals surface area (Å²) in [6.45, 7) is 0.530. The second-order valence-corrected chi connectivity index (χ2v) is 7.58. The fourth-order valence-corrected chi connectivity index (χ4v) is 2.67. The summed E-state index contributed by atoms with van der Waals surface area (Å²) in [5, 5.41) is 10.1. The van der Waals surface area contributed by atoms with Gasteiger partial charge in [-0.2, -0.15) is 0 Å². The number of benzene rings is 1. The van der Waals surface area contributed by atoms with E-state index < -0.39 is 9.84 Å². The Hall–Kier alpha value is -1.93. The minimum Gasteiger partial charge on any atom is -0.413 e. The smallest absolute Gasteiger partial charge is 0.335 e. The molecule has 9 heteroatoms. The molecule has 1 aromatic heterocycles. The first-order chi connectivity index (χ1) is 11.4. The van der Waals surface area contributed by atoms with Gasteiger partial charge >= 0.3 is 5.22 Å². The van der Waals surface area contributed by atoms with Crippen molar-refractivity contribution < 1.29 is 17.6 Å². The lowest BCUT2D eigenvalue weighted by Gasteiger charge is -2.06. The number of hydrogen-bond acceptors (Lipinski definition) is 6. The Labute approximate surface area is 145 Å². The van der Waals surface area contributed by atoms with E-state index in [2.05, 4.69) is 15.5 Å². The van der Waals surface area contributed by atoms with Gasteiger partial charge in [0, 0.05) is 19.2 Å². The maximum atomic E-state index is 11.9. The van der Waals surface area contributed by atoms with Crippen LogP contribution >= 0.6 is 11.6 Å². The Kier molecular flexibility index (Phi) is 6.33. The van der Waals surface area contributed by atoms with Gasteiger partial charge in [-0.1, -0.05) is 35.3 Å². The molecule has 1 aromatic carbocycles. The third-order valence-corrected chi connectivity index (χ3v) is 4.37. The average molecular weight is 372 g/mol.